The van der Waals surface area contributed by atoms with E-state index in [4.69, 9.17) is 9.47 Å². The summed E-state index contributed by atoms with van der Waals surface area (Å²) in [4.78, 5) is 37.6. The van der Waals surface area contributed by atoms with Crippen LogP contribution in [0.5, 0.6) is 5.75 Å². The van der Waals surface area contributed by atoms with Crippen LogP contribution in [0.4, 0.5) is 11.5 Å². The van der Waals surface area contributed by atoms with E-state index < -0.39 is 0 Å². The Hall–Kier alpha value is -2.98. The van der Waals surface area contributed by atoms with Crippen molar-refractivity contribution in [3.8, 4) is 5.75 Å². The average Bonchev–Trinajstić information content (AvgIpc) is 3.31. The number of ether oxygens (including phenoxy) is 2. The van der Waals surface area contributed by atoms with Crippen LogP contribution in [0.2, 0.25) is 0 Å². The molecule has 8 nitrogen and oxygen atoms in total. The summed E-state index contributed by atoms with van der Waals surface area (Å²) in [5.74, 6) is 1.07. The lowest BCUT2D eigenvalue weighted by Crippen LogP contribution is -2.23. The number of nitrogens with zero attached hydrogens (tertiary/aromatic N) is 2. The monoisotopic (exact) mass is 456 g/mol. The Morgan fingerprint density at radius 3 is 3.00 bits per heavy atom. The molecule has 0 spiro atoms. The minimum atomic E-state index is -0.126. The van der Waals surface area contributed by atoms with E-state index in [-0.39, 0.29) is 16.8 Å². The fourth-order valence-corrected chi connectivity index (χ4v) is 6.06. The number of fused-ring (bicyclic) bond motifs is 4. The third kappa shape index (κ3) is 3.55. The van der Waals surface area contributed by atoms with Crippen molar-refractivity contribution in [2.75, 3.05) is 19.0 Å². The Labute approximate surface area is 185 Å². The Morgan fingerprint density at radius 1 is 1.32 bits per heavy atom. The molecule has 0 amide bonds. The highest BCUT2D eigenvalue weighted by Crippen LogP contribution is 2.41. The van der Waals surface area contributed by atoms with Crippen molar-refractivity contribution in [2.45, 2.75) is 26.2 Å². The van der Waals surface area contributed by atoms with Gasteiger partial charge in [0, 0.05) is 10.9 Å². The average molecular weight is 457 g/mol. The summed E-state index contributed by atoms with van der Waals surface area (Å²) in [5.41, 5.74) is 2.66. The number of anilines is 2. The zero-order valence-corrected chi connectivity index (χ0v) is 18.6. The Kier molecular flexibility index (Phi) is 5.11. The van der Waals surface area contributed by atoms with E-state index in [0.29, 0.717) is 24.6 Å². The van der Waals surface area contributed by atoms with Gasteiger partial charge in [0.1, 0.15) is 22.7 Å². The van der Waals surface area contributed by atoms with Crippen molar-refractivity contribution >= 4 is 60.6 Å². The van der Waals surface area contributed by atoms with Crippen molar-refractivity contribution in [3.05, 3.63) is 38.6 Å². The third-order valence-corrected chi connectivity index (χ3v) is 7.47. The molecule has 1 unspecified atom stereocenters. The van der Waals surface area contributed by atoms with E-state index in [0.717, 1.165) is 55.2 Å². The van der Waals surface area contributed by atoms with Crippen molar-refractivity contribution < 1.29 is 14.3 Å². The zero-order valence-electron chi connectivity index (χ0n) is 17.0. The summed E-state index contributed by atoms with van der Waals surface area (Å²) in [6.45, 7) is 2.23. The molecule has 1 aliphatic carbocycles. The number of rotatable bonds is 5. The van der Waals surface area contributed by atoms with Crippen molar-refractivity contribution in [1.82, 2.24) is 15.0 Å². The molecule has 1 atom stereocenters. The molecule has 3 aromatic heterocycles. The summed E-state index contributed by atoms with van der Waals surface area (Å²) < 4.78 is 11.6. The molecule has 160 valence electrons. The second-order valence-corrected chi connectivity index (χ2v) is 9.38. The topological polar surface area (TPSA) is 106 Å². The number of carbonyl (C=O) groups excluding carboxylic acids is 1. The number of carbonyl (C=O) groups is 1. The quantitative estimate of drug-likeness (QED) is 0.437. The Bertz CT molecular complexity index is 1360. The second kappa shape index (κ2) is 7.93. The minimum absolute atomic E-state index is 0.108. The first-order valence-electron chi connectivity index (χ1n) is 9.97. The van der Waals surface area contributed by atoms with Crippen LogP contribution in [0.25, 0.3) is 20.4 Å². The number of thiazole rings is 1. The third-order valence-electron chi connectivity index (χ3n) is 5.46. The molecule has 0 radical (unpaired) electrons. The van der Waals surface area contributed by atoms with E-state index >= 15 is 0 Å². The smallest absolute Gasteiger partial charge is 0.309 e. The molecule has 1 aromatic carbocycles. The summed E-state index contributed by atoms with van der Waals surface area (Å²) >= 11 is 2.76. The molecular formula is C21H20N4O4S2. The van der Waals surface area contributed by atoms with Gasteiger partial charge >= 0.3 is 10.8 Å². The lowest BCUT2D eigenvalue weighted by molar-refractivity contribution is -0.148. The Balaban J connectivity index is 1.54. The van der Waals surface area contributed by atoms with E-state index in [1.807, 2.05) is 13.0 Å². The maximum atomic E-state index is 12.2. The number of aromatic nitrogens is 3. The van der Waals surface area contributed by atoms with Crippen molar-refractivity contribution in [3.63, 3.8) is 0 Å². The largest absolute Gasteiger partial charge is 0.494 e. The number of nitrogens with one attached hydrogen (secondary N) is 2. The van der Waals surface area contributed by atoms with E-state index in [1.54, 1.807) is 24.5 Å². The predicted octanol–water partition coefficient (Wildman–Crippen LogP) is 4.01. The van der Waals surface area contributed by atoms with Gasteiger partial charge in [0.05, 0.1) is 40.9 Å². The van der Waals surface area contributed by atoms with Gasteiger partial charge in [-0.3, -0.25) is 9.59 Å². The zero-order chi connectivity index (χ0) is 21.5. The number of hydrogen-bond acceptors (Lipinski definition) is 9. The molecule has 31 heavy (non-hydrogen) atoms. The number of thiophene rings is 1. The van der Waals surface area contributed by atoms with E-state index in [1.165, 1.54) is 11.9 Å². The number of benzene rings is 1. The van der Waals surface area contributed by atoms with Crippen LogP contribution in [-0.4, -0.2) is 34.6 Å². The molecule has 2 N–H and O–H groups in total. The predicted molar refractivity (Wildman–Crippen MR) is 122 cm³/mol. The number of hydrogen-bond donors (Lipinski definition) is 2. The van der Waals surface area contributed by atoms with Crippen molar-refractivity contribution in [1.29, 1.82) is 0 Å². The first-order valence-corrected chi connectivity index (χ1v) is 11.6. The van der Waals surface area contributed by atoms with Crippen LogP contribution in [-0.2, 0) is 22.4 Å². The molecule has 4 aromatic rings. The molecule has 3 heterocycles. The first-order chi connectivity index (χ1) is 15.1. The molecule has 0 saturated carbocycles. The van der Waals surface area contributed by atoms with Gasteiger partial charge in [-0.2, -0.15) is 0 Å². The number of aryl methyl sites for hydroxylation is 1. The fraction of sp³-hybridized carbons (Fsp3) is 0.333. The summed E-state index contributed by atoms with van der Waals surface area (Å²) in [7, 11) is 1.59. The van der Waals surface area contributed by atoms with Gasteiger partial charge in [-0.05, 0) is 37.8 Å². The highest BCUT2D eigenvalue weighted by atomic mass is 32.1. The van der Waals surface area contributed by atoms with Gasteiger partial charge in [0.15, 0.2) is 0 Å². The highest BCUT2D eigenvalue weighted by molar-refractivity contribution is 7.19. The van der Waals surface area contributed by atoms with Crippen LogP contribution in [0.1, 0.15) is 23.8 Å². The summed E-state index contributed by atoms with van der Waals surface area (Å²) in [5, 5.41) is 4.37. The molecular weight excluding hydrogens is 436 g/mol. The second-order valence-electron chi connectivity index (χ2n) is 7.29. The van der Waals surface area contributed by atoms with E-state index in [2.05, 4.69) is 20.3 Å². The lowest BCUT2D eigenvalue weighted by atomic mass is 9.88. The molecule has 1 aliphatic rings. The van der Waals surface area contributed by atoms with Crippen LogP contribution >= 0.6 is 22.7 Å². The molecule has 5 rings (SSSR count). The van der Waals surface area contributed by atoms with E-state index in [9.17, 15) is 9.59 Å². The van der Waals surface area contributed by atoms with Gasteiger partial charge in [0.2, 0.25) is 0 Å². The number of methoxy groups -OCH3 is 1. The minimum Gasteiger partial charge on any atom is -0.494 e. The number of esters is 1. The van der Waals surface area contributed by atoms with Crippen LogP contribution in [0, 0.1) is 5.92 Å². The molecule has 10 heteroatoms. The van der Waals surface area contributed by atoms with Gasteiger partial charge in [-0.15, -0.1) is 11.3 Å². The summed E-state index contributed by atoms with van der Waals surface area (Å²) in [6.07, 6.45) is 3.73. The maximum Gasteiger partial charge on any atom is 0.309 e. The molecule has 0 bridgehead atoms. The van der Waals surface area contributed by atoms with Crippen LogP contribution < -0.4 is 14.9 Å². The fourth-order valence-electron chi connectivity index (χ4n) is 4.04. The Morgan fingerprint density at radius 2 is 2.19 bits per heavy atom. The lowest BCUT2D eigenvalue weighted by Gasteiger charge is -2.20. The van der Waals surface area contributed by atoms with Crippen molar-refractivity contribution in [2.24, 2.45) is 5.92 Å². The standard InChI is InChI=1S/C21H20N4O4S2/c1-3-29-20(26)10-4-5-11-15(6-10)30-19-17(11)18(22-9-23-19)24-12-8-16-13(7-14(12)28-2)25-21(27)31-16/h7-10H,3-6H2,1-2H3,(H,25,27)(H,22,23,24). The highest BCUT2D eigenvalue weighted by Gasteiger charge is 2.30. The number of H-pyrrole nitrogens is 1. The van der Waals surface area contributed by atoms with Gasteiger partial charge in [-0.1, -0.05) is 11.3 Å². The first kappa shape index (κ1) is 20.0. The molecule has 0 aliphatic heterocycles. The summed E-state index contributed by atoms with van der Waals surface area (Å²) in [6, 6.07) is 3.70. The van der Waals surface area contributed by atoms with Crippen LogP contribution in [0.15, 0.2) is 23.3 Å². The van der Waals surface area contributed by atoms with Crippen LogP contribution in [0.3, 0.4) is 0 Å². The van der Waals surface area contributed by atoms with Gasteiger partial charge in [-0.25, -0.2) is 9.97 Å². The molecule has 0 saturated heterocycles. The molecule has 0 fully saturated rings. The normalized spacial score (nSPS) is 15.7. The van der Waals surface area contributed by atoms with Gasteiger partial charge in [0.25, 0.3) is 0 Å². The SMILES string of the molecule is CCOC(=O)C1CCc2c(sc3ncnc(Nc4cc5sc(=O)[nH]c5cc4OC)c23)C1. The maximum absolute atomic E-state index is 12.2. The number of aromatic amines is 1. The van der Waals surface area contributed by atoms with Gasteiger partial charge < -0.3 is 19.8 Å².